The van der Waals surface area contributed by atoms with Crippen LogP contribution in [0.4, 0.5) is 28.4 Å². The molecule has 11 heteroatoms. The van der Waals surface area contributed by atoms with Gasteiger partial charge in [0.05, 0.1) is 5.69 Å². The maximum absolute atomic E-state index is 12.0. The standard InChI is InChI=1S/C22H17N5O5S/c23-25-16-7-9-18(19(28)12-16)26-27-21-20(33(30,31)32)11-13-10-15(6-8-17(13)22(21)29)24-14-4-2-1-3-5-14/h1-12,23-24,28-29H,(H,30,31,32). The minimum Gasteiger partial charge on any atom is -0.506 e. The van der Waals surface area contributed by atoms with E-state index in [0.29, 0.717) is 11.1 Å². The van der Waals surface area contributed by atoms with E-state index in [1.807, 2.05) is 30.3 Å². The van der Waals surface area contributed by atoms with Crippen LogP contribution < -0.4 is 5.32 Å². The first kappa shape index (κ1) is 21.9. The number of anilines is 2. The summed E-state index contributed by atoms with van der Waals surface area (Å²) in [6, 6.07) is 19.2. The Morgan fingerprint density at radius 1 is 0.848 bits per heavy atom. The van der Waals surface area contributed by atoms with Crippen molar-refractivity contribution in [2.45, 2.75) is 4.90 Å². The van der Waals surface area contributed by atoms with E-state index in [-0.39, 0.29) is 22.5 Å². The minimum absolute atomic E-state index is 0.0504. The van der Waals surface area contributed by atoms with Gasteiger partial charge in [0.25, 0.3) is 10.1 Å². The molecule has 0 aliphatic carbocycles. The Bertz CT molecular complexity index is 1510. The Balaban J connectivity index is 1.81. The molecule has 0 bridgehead atoms. The lowest BCUT2D eigenvalue weighted by molar-refractivity contribution is 0.471. The fourth-order valence-electron chi connectivity index (χ4n) is 3.18. The number of azo groups is 1. The average molecular weight is 463 g/mol. The number of hydrogen-bond donors (Lipinski definition) is 5. The van der Waals surface area contributed by atoms with E-state index < -0.39 is 26.5 Å². The van der Waals surface area contributed by atoms with Gasteiger partial charge in [0.1, 0.15) is 22.0 Å². The van der Waals surface area contributed by atoms with Crippen molar-refractivity contribution in [3.05, 3.63) is 72.8 Å². The monoisotopic (exact) mass is 463 g/mol. The molecule has 5 N–H and O–H groups in total. The largest absolute Gasteiger partial charge is 0.506 e. The van der Waals surface area contributed by atoms with Gasteiger partial charge in [0.2, 0.25) is 0 Å². The van der Waals surface area contributed by atoms with E-state index in [9.17, 15) is 23.2 Å². The van der Waals surface area contributed by atoms with E-state index >= 15 is 0 Å². The van der Waals surface area contributed by atoms with Crippen molar-refractivity contribution in [3.8, 4) is 11.5 Å². The zero-order valence-electron chi connectivity index (χ0n) is 16.8. The Morgan fingerprint density at radius 3 is 2.27 bits per heavy atom. The third-order valence-corrected chi connectivity index (χ3v) is 5.60. The van der Waals surface area contributed by atoms with Crippen molar-refractivity contribution >= 4 is 49.3 Å². The third kappa shape index (κ3) is 4.63. The summed E-state index contributed by atoms with van der Waals surface area (Å²) in [5.41, 5.74) is 8.04. The van der Waals surface area contributed by atoms with Crippen LogP contribution in [0.15, 0.2) is 93.0 Å². The highest BCUT2D eigenvalue weighted by Gasteiger charge is 2.22. The molecule has 0 radical (unpaired) electrons. The quantitative estimate of drug-likeness (QED) is 0.166. The first-order valence-electron chi connectivity index (χ1n) is 9.48. The van der Waals surface area contributed by atoms with Gasteiger partial charge in [-0.05, 0) is 53.9 Å². The second kappa shape index (κ2) is 8.65. The van der Waals surface area contributed by atoms with Crippen molar-refractivity contribution in [3.63, 3.8) is 0 Å². The van der Waals surface area contributed by atoms with Crippen LogP contribution in [0.2, 0.25) is 0 Å². The number of rotatable bonds is 6. The topological polar surface area (TPSA) is 168 Å². The van der Waals surface area contributed by atoms with Crippen molar-refractivity contribution in [1.29, 1.82) is 5.53 Å². The summed E-state index contributed by atoms with van der Waals surface area (Å²) >= 11 is 0. The molecule has 0 atom stereocenters. The number of para-hydroxylation sites is 1. The first-order chi connectivity index (χ1) is 15.8. The van der Waals surface area contributed by atoms with E-state index in [1.165, 1.54) is 24.3 Å². The molecular weight excluding hydrogens is 446 g/mol. The Morgan fingerprint density at radius 2 is 1.61 bits per heavy atom. The lowest BCUT2D eigenvalue weighted by Gasteiger charge is -2.11. The van der Waals surface area contributed by atoms with Gasteiger partial charge in [0.15, 0.2) is 5.75 Å². The molecule has 0 unspecified atom stereocenters. The van der Waals surface area contributed by atoms with Gasteiger partial charge in [-0.2, -0.15) is 13.5 Å². The maximum atomic E-state index is 12.0. The molecule has 0 spiro atoms. The summed E-state index contributed by atoms with van der Waals surface area (Å²) in [5.74, 6) is -0.857. The number of nitrogens with one attached hydrogen (secondary N) is 2. The molecule has 4 aromatic rings. The Hall–Kier alpha value is -4.35. The van der Waals surface area contributed by atoms with Gasteiger partial charge in [-0.25, -0.2) is 5.53 Å². The predicted molar refractivity (Wildman–Crippen MR) is 122 cm³/mol. The number of nitrogens with zero attached hydrogens (tertiary/aromatic N) is 3. The molecule has 0 amide bonds. The van der Waals surface area contributed by atoms with Gasteiger partial charge in [-0.15, -0.1) is 10.2 Å². The lowest BCUT2D eigenvalue weighted by atomic mass is 10.1. The highest BCUT2D eigenvalue weighted by atomic mass is 32.2. The molecule has 10 nitrogen and oxygen atoms in total. The molecule has 0 aromatic heterocycles. The summed E-state index contributed by atoms with van der Waals surface area (Å²) in [7, 11) is -4.78. The van der Waals surface area contributed by atoms with E-state index in [1.54, 1.807) is 18.2 Å². The van der Waals surface area contributed by atoms with Gasteiger partial charge in [-0.3, -0.25) is 4.55 Å². The predicted octanol–water partition coefficient (Wildman–Crippen LogP) is 6.32. The van der Waals surface area contributed by atoms with Gasteiger partial charge < -0.3 is 15.5 Å². The van der Waals surface area contributed by atoms with E-state index in [0.717, 1.165) is 5.69 Å². The molecular formula is C22H17N5O5S. The van der Waals surface area contributed by atoms with Crippen LogP contribution >= 0.6 is 0 Å². The van der Waals surface area contributed by atoms with Gasteiger partial charge in [0, 0.05) is 22.8 Å². The van der Waals surface area contributed by atoms with Crippen LogP contribution in [0, 0.1) is 5.53 Å². The fourth-order valence-corrected chi connectivity index (χ4v) is 3.84. The number of benzene rings is 4. The van der Waals surface area contributed by atoms with Crippen LogP contribution in [-0.2, 0) is 10.1 Å². The highest BCUT2D eigenvalue weighted by molar-refractivity contribution is 7.86. The molecule has 0 aliphatic rings. The van der Waals surface area contributed by atoms with E-state index in [2.05, 4.69) is 20.7 Å². The van der Waals surface area contributed by atoms with Crippen LogP contribution in [0.3, 0.4) is 0 Å². The molecule has 0 fully saturated rings. The molecule has 0 saturated heterocycles. The minimum atomic E-state index is -4.78. The maximum Gasteiger partial charge on any atom is 0.296 e. The smallest absolute Gasteiger partial charge is 0.296 e. The average Bonchev–Trinajstić information content (AvgIpc) is 2.79. The van der Waals surface area contributed by atoms with Crippen molar-refractivity contribution in [1.82, 2.24) is 0 Å². The molecule has 166 valence electrons. The summed E-state index contributed by atoms with van der Waals surface area (Å²) < 4.78 is 33.8. The Labute approximate surface area is 188 Å². The van der Waals surface area contributed by atoms with Crippen molar-refractivity contribution in [2.75, 3.05) is 5.32 Å². The van der Waals surface area contributed by atoms with Crippen LogP contribution in [0.1, 0.15) is 0 Å². The van der Waals surface area contributed by atoms with Crippen LogP contribution in [0.5, 0.6) is 11.5 Å². The summed E-state index contributed by atoms with van der Waals surface area (Å²) in [6.07, 6.45) is 0. The summed E-state index contributed by atoms with van der Waals surface area (Å²) in [5, 5.41) is 35.3. The number of hydrogen-bond acceptors (Lipinski definition) is 9. The Kier molecular flexibility index (Phi) is 5.73. The second-order valence-corrected chi connectivity index (χ2v) is 8.35. The van der Waals surface area contributed by atoms with E-state index in [4.69, 9.17) is 5.53 Å². The SMILES string of the molecule is N=Nc1ccc(N=Nc2c(S(=O)(=O)O)cc3cc(Nc4ccccc4)ccc3c2O)c(O)c1. The number of aromatic hydroxyl groups is 2. The van der Waals surface area contributed by atoms with Crippen LogP contribution in [-0.4, -0.2) is 23.2 Å². The molecule has 0 saturated carbocycles. The zero-order chi connectivity index (χ0) is 23.6. The van der Waals surface area contributed by atoms with Crippen LogP contribution in [0.25, 0.3) is 10.8 Å². The number of phenols is 2. The highest BCUT2D eigenvalue weighted by Crippen LogP contribution is 2.43. The van der Waals surface area contributed by atoms with Crippen molar-refractivity contribution < 1.29 is 23.2 Å². The van der Waals surface area contributed by atoms with Crippen molar-refractivity contribution in [2.24, 2.45) is 15.3 Å². The fraction of sp³-hybridized carbons (Fsp3) is 0. The third-order valence-electron chi connectivity index (χ3n) is 4.74. The van der Waals surface area contributed by atoms with Gasteiger partial charge >= 0.3 is 0 Å². The number of phenolic OH excluding ortho intramolecular Hbond substituents is 2. The summed E-state index contributed by atoms with van der Waals surface area (Å²) in [6.45, 7) is 0. The molecule has 0 aliphatic heterocycles. The summed E-state index contributed by atoms with van der Waals surface area (Å²) in [4.78, 5) is -0.648. The zero-order valence-corrected chi connectivity index (χ0v) is 17.7. The molecule has 0 heterocycles. The number of fused-ring (bicyclic) bond motifs is 1. The second-order valence-electron chi connectivity index (χ2n) is 6.96. The lowest BCUT2D eigenvalue weighted by Crippen LogP contribution is -1.99. The molecule has 4 rings (SSSR count). The normalized spacial score (nSPS) is 11.7. The molecule has 4 aromatic carbocycles. The first-order valence-corrected chi connectivity index (χ1v) is 10.9. The molecule has 33 heavy (non-hydrogen) atoms. The van der Waals surface area contributed by atoms with Gasteiger partial charge in [-0.1, -0.05) is 18.2 Å².